The highest BCUT2D eigenvalue weighted by Gasteiger charge is 2.37. The molecule has 0 saturated heterocycles. The van der Waals surface area contributed by atoms with Gasteiger partial charge in [0.1, 0.15) is 60.1 Å². The lowest BCUT2D eigenvalue weighted by atomic mass is 10.0. The zero-order valence-electron chi connectivity index (χ0n) is 59.9. The number of guanidine groups is 2. The van der Waals surface area contributed by atoms with Crippen molar-refractivity contribution in [2.24, 2.45) is 23.1 Å². The van der Waals surface area contributed by atoms with Gasteiger partial charge in [-0.25, -0.2) is 9.78 Å². The number of H-pyrrole nitrogens is 2. The molecule has 36 heteroatoms. The molecular formula is C72H96N20O15S. The fourth-order valence-corrected chi connectivity index (χ4v) is 11.8. The molecule has 6 aromatic rings. The van der Waals surface area contributed by atoms with E-state index in [1.54, 1.807) is 123 Å². The Balaban J connectivity index is 1.24. The molecule has 580 valence electrons. The number of hydrogen-bond donors (Lipinski definition) is 22. The van der Waals surface area contributed by atoms with Crippen molar-refractivity contribution in [3.8, 4) is 5.75 Å². The van der Waals surface area contributed by atoms with Crippen molar-refractivity contribution in [2.75, 3.05) is 31.6 Å². The maximum atomic E-state index is 15.1. The van der Waals surface area contributed by atoms with E-state index in [0.717, 1.165) is 0 Å². The molecule has 0 spiro atoms. The highest BCUT2D eigenvalue weighted by Crippen LogP contribution is 2.21. The molecule has 6 rings (SSSR count). The van der Waals surface area contributed by atoms with Gasteiger partial charge in [-0.2, -0.15) is 11.8 Å². The highest BCUT2D eigenvalue weighted by atomic mass is 32.2. The molecule has 0 fully saturated rings. The number of phenols is 1. The number of aromatic hydroxyl groups is 1. The summed E-state index contributed by atoms with van der Waals surface area (Å²) in [5, 5.41) is 77.1. The number of rotatable bonds is 45. The molecule has 2 heterocycles. The molecule has 4 aromatic carbocycles. The van der Waals surface area contributed by atoms with E-state index in [1.807, 2.05) is 0 Å². The van der Waals surface area contributed by atoms with Crippen LogP contribution in [0.2, 0.25) is 0 Å². The van der Waals surface area contributed by atoms with Gasteiger partial charge in [-0.15, -0.1) is 0 Å². The van der Waals surface area contributed by atoms with Gasteiger partial charge in [-0.1, -0.05) is 105 Å². The number of nitrogens with one attached hydrogen (secondary N) is 16. The van der Waals surface area contributed by atoms with E-state index < -0.39 is 162 Å². The summed E-state index contributed by atoms with van der Waals surface area (Å²) < 4.78 is 0. The molecule has 0 unspecified atom stereocenters. The van der Waals surface area contributed by atoms with Crippen molar-refractivity contribution < 1.29 is 72.9 Å². The number of aliphatic carboxylic acids is 2. The van der Waals surface area contributed by atoms with Crippen molar-refractivity contribution >= 4 is 106 Å². The number of phenolic OH excluding ortho intramolecular Hbond substituents is 1. The Morgan fingerprint density at radius 3 is 1.50 bits per heavy atom. The monoisotopic (exact) mass is 1510 g/mol. The number of aromatic nitrogens is 3. The van der Waals surface area contributed by atoms with Crippen LogP contribution in [0.1, 0.15) is 80.3 Å². The van der Waals surface area contributed by atoms with Crippen LogP contribution >= 0.6 is 11.8 Å². The Morgan fingerprint density at radius 2 is 0.972 bits per heavy atom. The minimum Gasteiger partial charge on any atom is -0.508 e. The van der Waals surface area contributed by atoms with Gasteiger partial charge in [-0.05, 0) is 96.9 Å². The van der Waals surface area contributed by atoms with Crippen molar-refractivity contribution in [2.45, 2.75) is 145 Å². The molecule has 0 bridgehead atoms. The molecule has 0 aliphatic heterocycles. The average Bonchev–Trinajstić information content (AvgIpc) is 1.64. The van der Waals surface area contributed by atoms with Gasteiger partial charge in [0.25, 0.3) is 0 Å². The quantitative estimate of drug-likeness (QED) is 0.0116. The zero-order valence-corrected chi connectivity index (χ0v) is 60.7. The van der Waals surface area contributed by atoms with Crippen LogP contribution in [-0.2, 0) is 89.6 Å². The van der Waals surface area contributed by atoms with E-state index in [4.69, 9.17) is 28.0 Å². The number of nitrogens with two attached hydrogens (primary N) is 3. The molecule has 0 saturated carbocycles. The molecule has 25 N–H and O–H groups in total. The summed E-state index contributed by atoms with van der Waals surface area (Å²) in [6.07, 6.45) is 3.84. The van der Waals surface area contributed by atoms with Crippen molar-refractivity contribution in [3.05, 3.63) is 156 Å². The number of carboxylic acids is 2. The number of thioether (sulfide) groups is 1. The van der Waals surface area contributed by atoms with E-state index in [9.17, 15) is 63.3 Å². The minimum atomic E-state index is -1.97. The maximum absolute atomic E-state index is 15.1. The molecular weight excluding hydrogens is 1420 g/mol. The standard InChI is InChI=1S/C72H96N20O15S/c1-40(2)60(92-61(97)48(73)30-43-22-24-46(93)25-23-43)69(105)87-52(26-29-108-3)62(98)82-38-58(94)84-55(34-45-37-78-39-83-45)67(103)88-53(31-41-14-6-4-7-15-41)65(101)85-50(20-12-27-79-71(74)75)63(99)89-54(33-44-36-81-49-19-11-10-18-47(44)49)66(102)90-56(35-59(95)96)68(104)86-51(21-13-28-80-72(76)77)64(100)91-57(70(106)107)32-42-16-8-5-9-17-42/h4-11,14-19,22-25,36-37,39-40,48,50-57,60,81,93H,12-13,20-21,26-35,38,73H2,1-3H3,(H,78,83)(H,82,98)(H,84,94)(H,85,101)(H,86,104)(H,87,105)(H,88,103)(H,89,99)(H,90,102)(H,91,100)(H,92,97)(H,95,96)(H,106,107)(H4,74,75,79)(H4,76,77,80)/t48-,50-,51-,52-,53-,54-,55-,56-,57-,60-/m0/s1. The lowest BCUT2D eigenvalue weighted by Gasteiger charge is -2.28. The topological polar surface area (TPSA) is 580 Å². The molecule has 35 nitrogen and oxygen atoms in total. The second-order valence-electron chi connectivity index (χ2n) is 25.9. The number of hydrogen-bond acceptors (Lipinski definition) is 18. The predicted octanol–water partition coefficient (Wildman–Crippen LogP) is -1.59. The summed E-state index contributed by atoms with van der Waals surface area (Å²) >= 11 is 1.38. The van der Waals surface area contributed by atoms with Gasteiger partial charge in [0, 0.05) is 67.8 Å². The predicted molar refractivity (Wildman–Crippen MR) is 401 cm³/mol. The number of para-hydroxylation sites is 1. The summed E-state index contributed by atoms with van der Waals surface area (Å²) in [7, 11) is 0. The maximum Gasteiger partial charge on any atom is 0.326 e. The largest absolute Gasteiger partial charge is 0.508 e. The fourth-order valence-electron chi connectivity index (χ4n) is 11.4. The Hall–Kier alpha value is -12.1. The van der Waals surface area contributed by atoms with Gasteiger partial charge in [0.05, 0.1) is 25.3 Å². The van der Waals surface area contributed by atoms with Crippen molar-refractivity contribution in [1.29, 1.82) is 10.8 Å². The third kappa shape index (κ3) is 28.8. The van der Waals surface area contributed by atoms with E-state index >= 15 is 9.59 Å². The molecule has 10 amide bonds. The van der Waals surface area contributed by atoms with Gasteiger partial charge < -0.3 is 106 Å². The van der Waals surface area contributed by atoms with Crippen LogP contribution in [0.15, 0.2) is 128 Å². The Morgan fingerprint density at radius 1 is 0.500 bits per heavy atom. The Labute approximate surface area is 626 Å². The molecule has 2 aromatic heterocycles. The first-order valence-corrected chi connectivity index (χ1v) is 36.2. The normalized spacial score (nSPS) is 13.8. The van der Waals surface area contributed by atoms with Crippen LogP contribution in [0.5, 0.6) is 5.75 Å². The van der Waals surface area contributed by atoms with E-state index in [0.29, 0.717) is 44.6 Å². The number of carboxylic acid groups (broad SMARTS) is 2. The number of amides is 10. The van der Waals surface area contributed by atoms with Crippen LogP contribution in [-0.4, -0.2) is 205 Å². The smallest absolute Gasteiger partial charge is 0.326 e. The summed E-state index contributed by atoms with van der Waals surface area (Å²) in [6, 6.07) is 15.0. The second kappa shape index (κ2) is 43.4. The summed E-state index contributed by atoms with van der Waals surface area (Å²) in [5.41, 5.74) is 20.4. The van der Waals surface area contributed by atoms with Crippen LogP contribution in [0.3, 0.4) is 0 Å². The second-order valence-corrected chi connectivity index (χ2v) is 26.9. The SMILES string of the molecule is CSCC[C@H](NC(=O)[C@@H](NC(=O)[C@@H](N)Cc1ccc(O)cc1)C(C)C)C(=O)NCC(=O)N[C@@H](Cc1cnc[nH]1)C(=O)N[C@@H](Cc1ccccc1)C(=O)N[C@@H](CCCNC(=N)N)C(=O)N[C@@H](Cc1c[nH]c2ccccc12)C(=O)N[C@@H](CC(=O)O)C(=O)N[C@@H](CCCNC(=N)N)C(=O)N[C@@H](Cc1ccccc1)C(=O)O. The highest BCUT2D eigenvalue weighted by molar-refractivity contribution is 7.98. The number of aromatic amines is 2. The number of carbonyl (C=O) groups excluding carboxylic acids is 10. The fraction of sp³-hybridized carbons (Fsp3) is 0.403. The molecule has 0 radical (unpaired) electrons. The van der Waals surface area contributed by atoms with Crippen molar-refractivity contribution in [1.82, 2.24) is 78.8 Å². The Kier molecular flexibility index (Phi) is 34.1. The van der Waals surface area contributed by atoms with Gasteiger partial charge in [-0.3, -0.25) is 63.6 Å². The van der Waals surface area contributed by atoms with Gasteiger partial charge >= 0.3 is 11.9 Å². The minimum absolute atomic E-state index is 0.0123. The summed E-state index contributed by atoms with van der Waals surface area (Å²) in [4.78, 5) is 178. The first kappa shape index (κ1) is 84.9. The average molecular weight is 1510 g/mol. The van der Waals surface area contributed by atoms with E-state index in [1.165, 1.54) is 36.4 Å². The number of fused-ring (bicyclic) bond motifs is 1. The molecule has 10 atom stereocenters. The Bertz CT molecular complexity index is 4040. The summed E-state index contributed by atoms with van der Waals surface area (Å²) in [6.45, 7) is 2.65. The van der Waals surface area contributed by atoms with E-state index in [-0.39, 0.29) is 83.0 Å². The first-order chi connectivity index (χ1) is 51.6. The van der Waals surface area contributed by atoms with Crippen LogP contribution in [0.25, 0.3) is 10.9 Å². The van der Waals surface area contributed by atoms with Gasteiger partial charge in [0.15, 0.2) is 11.9 Å². The van der Waals surface area contributed by atoms with Crippen LogP contribution < -0.4 is 81.0 Å². The van der Waals surface area contributed by atoms with Crippen molar-refractivity contribution in [3.63, 3.8) is 0 Å². The number of carbonyl (C=O) groups is 12. The van der Waals surface area contributed by atoms with E-state index in [2.05, 4.69) is 78.8 Å². The molecule has 108 heavy (non-hydrogen) atoms. The number of imidazole rings is 1. The number of nitrogens with zero attached hydrogens (tertiary/aromatic N) is 1. The summed E-state index contributed by atoms with van der Waals surface area (Å²) in [5.74, 6) is -13.1. The lowest BCUT2D eigenvalue weighted by Crippen LogP contribution is -2.61. The lowest BCUT2D eigenvalue weighted by molar-refractivity contribution is -0.143. The van der Waals surface area contributed by atoms with Gasteiger partial charge in [0.2, 0.25) is 59.1 Å². The van der Waals surface area contributed by atoms with Crippen LogP contribution in [0.4, 0.5) is 0 Å². The number of benzene rings is 4. The molecule has 0 aliphatic carbocycles. The third-order valence-corrected chi connectivity index (χ3v) is 17.7. The van der Waals surface area contributed by atoms with Crippen LogP contribution in [0, 0.1) is 16.7 Å². The first-order valence-electron chi connectivity index (χ1n) is 34.8. The molecule has 0 aliphatic rings. The zero-order chi connectivity index (χ0) is 78.8. The third-order valence-electron chi connectivity index (χ3n) is 17.1.